The third kappa shape index (κ3) is 2.73. The van der Waals surface area contributed by atoms with Crippen LogP contribution in [-0.4, -0.2) is 12.1 Å². The fourth-order valence-corrected chi connectivity index (χ4v) is 2.99. The Morgan fingerprint density at radius 2 is 1.79 bits per heavy atom. The van der Waals surface area contributed by atoms with Gasteiger partial charge in [0.15, 0.2) is 0 Å². The standard InChI is InChI=1S/C13H24N/c1-13(2)9-8-12(10-13)14-11-6-4-3-5-7-11/h9,11-12,14H,3-8,10H2,1-2H3. The molecule has 1 atom stereocenters. The molecule has 2 rings (SSSR count). The average molecular weight is 194 g/mol. The van der Waals surface area contributed by atoms with E-state index in [2.05, 4.69) is 25.6 Å². The Labute approximate surface area is 88.7 Å². The van der Waals surface area contributed by atoms with E-state index < -0.39 is 0 Å². The van der Waals surface area contributed by atoms with Gasteiger partial charge in [-0.15, -0.1) is 0 Å². The van der Waals surface area contributed by atoms with Crippen molar-refractivity contribution in [3.63, 3.8) is 0 Å². The second kappa shape index (κ2) is 4.22. The molecule has 0 saturated heterocycles. The van der Waals surface area contributed by atoms with E-state index >= 15 is 0 Å². The van der Waals surface area contributed by atoms with Gasteiger partial charge in [-0.05, 0) is 37.5 Å². The Kier molecular flexibility index (Phi) is 3.16. The minimum Gasteiger partial charge on any atom is -0.311 e. The van der Waals surface area contributed by atoms with Crippen molar-refractivity contribution in [1.29, 1.82) is 0 Å². The molecule has 0 aromatic rings. The van der Waals surface area contributed by atoms with Crippen molar-refractivity contribution in [1.82, 2.24) is 5.32 Å². The monoisotopic (exact) mass is 194 g/mol. The zero-order valence-corrected chi connectivity index (χ0v) is 9.68. The quantitative estimate of drug-likeness (QED) is 0.711. The van der Waals surface area contributed by atoms with Crippen LogP contribution in [0.15, 0.2) is 0 Å². The van der Waals surface area contributed by atoms with Crippen LogP contribution in [0, 0.1) is 11.8 Å². The molecule has 0 aromatic carbocycles. The topological polar surface area (TPSA) is 12.0 Å². The predicted octanol–water partition coefficient (Wildman–Crippen LogP) is 3.30. The molecule has 2 aliphatic rings. The summed E-state index contributed by atoms with van der Waals surface area (Å²) >= 11 is 0. The molecule has 0 amide bonds. The minimum atomic E-state index is 0.479. The number of rotatable bonds is 2. The highest BCUT2D eigenvalue weighted by Crippen LogP contribution is 2.36. The van der Waals surface area contributed by atoms with Crippen LogP contribution in [0.25, 0.3) is 0 Å². The van der Waals surface area contributed by atoms with Crippen molar-refractivity contribution in [2.45, 2.75) is 70.9 Å². The largest absolute Gasteiger partial charge is 0.311 e. The summed E-state index contributed by atoms with van der Waals surface area (Å²) in [6.45, 7) is 4.71. The summed E-state index contributed by atoms with van der Waals surface area (Å²) in [5.74, 6) is 0. The normalized spacial score (nSPS) is 33.4. The fourth-order valence-electron chi connectivity index (χ4n) is 2.99. The van der Waals surface area contributed by atoms with Crippen LogP contribution in [0.3, 0.4) is 0 Å². The molecule has 2 saturated carbocycles. The van der Waals surface area contributed by atoms with Crippen LogP contribution in [0.4, 0.5) is 0 Å². The van der Waals surface area contributed by atoms with Crippen LogP contribution < -0.4 is 5.32 Å². The van der Waals surface area contributed by atoms with Gasteiger partial charge in [-0.2, -0.15) is 0 Å². The van der Waals surface area contributed by atoms with Gasteiger partial charge in [0.25, 0.3) is 0 Å². The van der Waals surface area contributed by atoms with Gasteiger partial charge < -0.3 is 5.32 Å². The van der Waals surface area contributed by atoms with Crippen LogP contribution in [0.1, 0.15) is 58.8 Å². The zero-order valence-electron chi connectivity index (χ0n) is 9.68. The summed E-state index contributed by atoms with van der Waals surface area (Å²) < 4.78 is 0. The van der Waals surface area contributed by atoms with E-state index in [4.69, 9.17) is 0 Å². The van der Waals surface area contributed by atoms with Gasteiger partial charge in [0.2, 0.25) is 0 Å². The van der Waals surface area contributed by atoms with Gasteiger partial charge in [0, 0.05) is 12.1 Å². The van der Waals surface area contributed by atoms with Gasteiger partial charge in [-0.3, -0.25) is 0 Å². The van der Waals surface area contributed by atoms with E-state index in [0.717, 1.165) is 12.1 Å². The Balaban J connectivity index is 1.75. The van der Waals surface area contributed by atoms with Crippen LogP contribution >= 0.6 is 0 Å². The molecule has 0 heterocycles. The van der Waals surface area contributed by atoms with E-state index in [1.165, 1.54) is 44.9 Å². The van der Waals surface area contributed by atoms with Crippen LogP contribution in [0.5, 0.6) is 0 Å². The highest BCUT2D eigenvalue weighted by atomic mass is 15.0. The molecule has 0 bridgehead atoms. The molecule has 0 spiro atoms. The third-order valence-electron chi connectivity index (χ3n) is 3.80. The smallest absolute Gasteiger partial charge is 0.00777 e. The lowest BCUT2D eigenvalue weighted by atomic mass is 9.91. The second-order valence-corrected chi connectivity index (χ2v) is 5.83. The zero-order chi connectivity index (χ0) is 10.0. The first-order valence-electron chi connectivity index (χ1n) is 6.26. The molecule has 1 N–H and O–H groups in total. The maximum Gasteiger partial charge on any atom is 0.00777 e. The van der Waals surface area contributed by atoms with E-state index in [-0.39, 0.29) is 0 Å². The molecule has 1 radical (unpaired) electrons. The summed E-state index contributed by atoms with van der Waals surface area (Å²) in [4.78, 5) is 0. The molecular formula is C13H24N. The van der Waals surface area contributed by atoms with Gasteiger partial charge in [0.05, 0.1) is 0 Å². The van der Waals surface area contributed by atoms with Gasteiger partial charge >= 0.3 is 0 Å². The third-order valence-corrected chi connectivity index (χ3v) is 3.80. The van der Waals surface area contributed by atoms with Gasteiger partial charge in [0.1, 0.15) is 0 Å². The van der Waals surface area contributed by atoms with Crippen LogP contribution in [-0.2, 0) is 0 Å². The molecule has 1 heteroatoms. The van der Waals surface area contributed by atoms with Crippen LogP contribution in [0.2, 0.25) is 0 Å². The summed E-state index contributed by atoms with van der Waals surface area (Å²) in [6, 6.07) is 1.60. The Bertz CT molecular complexity index is 180. The molecule has 2 aliphatic carbocycles. The summed E-state index contributed by atoms with van der Waals surface area (Å²) in [7, 11) is 0. The van der Waals surface area contributed by atoms with E-state index in [1.807, 2.05) is 0 Å². The first kappa shape index (κ1) is 10.5. The Morgan fingerprint density at radius 1 is 1.07 bits per heavy atom. The molecule has 0 aromatic heterocycles. The minimum absolute atomic E-state index is 0.479. The van der Waals surface area contributed by atoms with Crippen molar-refractivity contribution >= 4 is 0 Å². The molecule has 1 unspecified atom stereocenters. The number of hydrogen-bond donors (Lipinski definition) is 1. The lowest BCUT2D eigenvalue weighted by molar-refractivity contribution is 0.319. The average Bonchev–Trinajstić information content (AvgIpc) is 2.47. The van der Waals surface area contributed by atoms with Gasteiger partial charge in [-0.1, -0.05) is 33.1 Å². The van der Waals surface area contributed by atoms with Crippen molar-refractivity contribution in [3.8, 4) is 0 Å². The van der Waals surface area contributed by atoms with Crippen molar-refractivity contribution in [2.75, 3.05) is 0 Å². The van der Waals surface area contributed by atoms with Gasteiger partial charge in [-0.25, -0.2) is 0 Å². The lowest BCUT2D eigenvalue weighted by Gasteiger charge is -2.27. The Hall–Kier alpha value is -0.0400. The highest BCUT2D eigenvalue weighted by molar-refractivity contribution is 4.99. The summed E-state index contributed by atoms with van der Waals surface area (Å²) in [6.07, 6.45) is 12.3. The Morgan fingerprint density at radius 3 is 2.36 bits per heavy atom. The molecule has 14 heavy (non-hydrogen) atoms. The molecule has 0 aliphatic heterocycles. The molecule has 1 nitrogen and oxygen atoms in total. The van der Waals surface area contributed by atoms with E-state index in [9.17, 15) is 0 Å². The maximum atomic E-state index is 3.84. The van der Waals surface area contributed by atoms with Crippen molar-refractivity contribution in [2.24, 2.45) is 5.41 Å². The maximum absolute atomic E-state index is 3.84. The second-order valence-electron chi connectivity index (χ2n) is 5.83. The van der Waals surface area contributed by atoms with Crippen molar-refractivity contribution < 1.29 is 0 Å². The SMILES string of the molecule is CC1(C)[CH]CC(NC2CCCCC2)C1. The summed E-state index contributed by atoms with van der Waals surface area (Å²) in [5.41, 5.74) is 0.479. The van der Waals surface area contributed by atoms with E-state index in [1.54, 1.807) is 0 Å². The molecule has 81 valence electrons. The molecule has 2 fully saturated rings. The van der Waals surface area contributed by atoms with Crippen molar-refractivity contribution in [3.05, 3.63) is 6.42 Å². The number of nitrogens with one attached hydrogen (secondary N) is 1. The lowest BCUT2D eigenvalue weighted by Crippen LogP contribution is -2.38. The number of hydrogen-bond acceptors (Lipinski definition) is 1. The molecular weight excluding hydrogens is 170 g/mol. The predicted molar refractivity (Wildman–Crippen MR) is 61.1 cm³/mol. The first-order valence-corrected chi connectivity index (χ1v) is 6.26. The van der Waals surface area contributed by atoms with E-state index in [0.29, 0.717) is 5.41 Å². The first-order chi connectivity index (χ1) is 6.66. The highest BCUT2D eigenvalue weighted by Gasteiger charge is 2.32. The fraction of sp³-hybridized carbons (Fsp3) is 0.923. The summed E-state index contributed by atoms with van der Waals surface area (Å²) in [5, 5.41) is 3.84.